The summed E-state index contributed by atoms with van der Waals surface area (Å²) < 4.78 is 1.39. The van der Waals surface area contributed by atoms with Crippen molar-refractivity contribution in [3.8, 4) is 0 Å². The number of hydrogen-bond donors (Lipinski definition) is 0. The van der Waals surface area contributed by atoms with Gasteiger partial charge in [0.2, 0.25) is 0 Å². The second-order valence-electron chi connectivity index (χ2n) is 4.24. The maximum absolute atomic E-state index is 2.68. The van der Waals surface area contributed by atoms with Crippen LogP contribution in [-0.2, 0) is 13.0 Å². The Morgan fingerprint density at radius 3 is 2.88 bits per heavy atom. The average Bonchev–Trinajstić information content (AvgIpc) is 2.63. The lowest BCUT2D eigenvalue weighted by molar-refractivity contribution is 0.222. The Morgan fingerprint density at radius 1 is 1.38 bits per heavy atom. The third-order valence-corrected chi connectivity index (χ3v) is 7.72. The molecule has 0 aliphatic carbocycles. The summed E-state index contributed by atoms with van der Waals surface area (Å²) >= 11 is 6.71. The number of fused-ring (bicyclic) bond motifs is 2. The molecule has 2 aliphatic rings. The van der Waals surface area contributed by atoms with Gasteiger partial charge in [0.05, 0.1) is 3.26 Å². The molecule has 0 radical (unpaired) electrons. The van der Waals surface area contributed by atoms with Crippen molar-refractivity contribution in [2.75, 3.05) is 6.26 Å². The highest BCUT2D eigenvalue weighted by molar-refractivity contribution is 14.1. The molecule has 0 N–H and O–H groups in total. The van der Waals surface area contributed by atoms with Gasteiger partial charge in [-0.05, 0) is 23.8 Å². The molecule has 86 valence electrons. The Bertz CT molecular complexity index is 398. The Kier molecular flexibility index (Phi) is 3.44. The molecule has 1 fully saturated rings. The van der Waals surface area contributed by atoms with Crippen LogP contribution in [0.1, 0.15) is 11.1 Å². The van der Waals surface area contributed by atoms with E-state index in [0.29, 0.717) is 4.71 Å². The molecule has 1 saturated heterocycles. The highest BCUT2D eigenvalue weighted by atomic mass is 127. The van der Waals surface area contributed by atoms with Crippen LogP contribution < -0.4 is 0 Å². The lowest BCUT2D eigenvalue weighted by Crippen LogP contribution is -2.41. The number of benzene rings is 1. The van der Waals surface area contributed by atoms with Gasteiger partial charge in [0.25, 0.3) is 0 Å². The van der Waals surface area contributed by atoms with Crippen LogP contribution in [0, 0.1) is 0 Å². The van der Waals surface area contributed by atoms with Crippen LogP contribution in [0.15, 0.2) is 24.3 Å². The van der Waals surface area contributed by atoms with Crippen molar-refractivity contribution in [2.45, 2.75) is 27.0 Å². The van der Waals surface area contributed by atoms with E-state index in [9.17, 15) is 0 Å². The van der Waals surface area contributed by atoms with Crippen molar-refractivity contribution in [2.24, 2.45) is 0 Å². The molecule has 1 aromatic rings. The van der Waals surface area contributed by atoms with Crippen molar-refractivity contribution in [3.05, 3.63) is 35.4 Å². The topological polar surface area (TPSA) is 3.24 Å². The van der Waals surface area contributed by atoms with Crippen LogP contribution in [0.5, 0.6) is 0 Å². The molecule has 0 bridgehead atoms. The lowest BCUT2D eigenvalue weighted by Gasteiger charge is -2.34. The molecular weight excluding hydrogens is 349 g/mol. The summed E-state index contributed by atoms with van der Waals surface area (Å²) in [5.74, 6) is 0. The molecule has 2 aliphatic heterocycles. The van der Waals surface area contributed by atoms with E-state index >= 15 is 0 Å². The number of nitrogens with zero attached hydrogens (tertiary/aromatic N) is 1. The number of hydrogen-bond acceptors (Lipinski definition) is 3. The summed E-state index contributed by atoms with van der Waals surface area (Å²) in [5, 5.41) is 0. The molecule has 16 heavy (non-hydrogen) atoms. The molecule has 1 aromatic carbocycles. The summed E-state index contributed by atoms with van der Waals surface area (Å²) in [6, 6.07) is 9.65. The third kappa shape index (κ3) is 1.91. The zero-order valence-electron chi connectivity index (χ0n) is 9.10. The van der Waals surface area contributed by atoms with E-state index in [-0.39, 0.29) is 0 Å². The van der Waals surface area contributed by atoms with E-state index in [4.69, 9.17) is 0 Å². The number of alkyl halides is 1. The smallest absolute Gasteiger partial charge is 0.104 e. The van der Waals surface area contributed by atoms with Gasteiger partial charge < -0.3 is 0 Å². The Morgan fingerprint density at radius 2 is 2.12 bits per heavy atom. The van der Waals surface area contributed by atoms with Crippen LogP contribution in [0.25, 0.3) is 0 Å². The van der Waals surface area contributed by atoms with E-state index in [1.807, 2.05) is 11.8 Å². The van der Waals surface area contributed by atoms with Gasteiger partial charge in [0.1, 0.15) is 4.71 Å². The molecule has 3 unspecified atom stereocenters. The second-order valence-corrected chi connectivity index (χ2v) is 8.87. The van der Waals surface area contributed by atoms with Crippen LogP contribution in [0.3, 0.4) is 0 Å². The first-order valence-corrected chi connectivity index (χ1v) is 8.92. The number of thioether (sulfide) groups is 2. The normalized spacial score (nSPS) is 33.5. The fourth-order valence-electron chi connectivity index (χ4n) is 2.51. The van der Waals surface area contributed by atoms with Gasteiger partial charge in [-0.15, -0.1) is 23.5 Å². The van der Waals surface area contributed by atoms with Gasteiger partial charge in [0, 0.05) is 12.6 Å². The predicted octanol–water partition coefficient (Wildman–Crippen LogP) is 3.57. The first kappa shape index (κ1) is 11.7. The van der Waals surface area contributed by atoms with Gasteiger partial charge in [-0.3, -0.25) is 4.90 Å². The molecule has 3 atom stereocenters. The molecule has 4 heteroatoms. The number of halogens is 1. The van der Waals surface area contributed by atoms with Crippen molar-refractivity contribution in [3.63, 3.8) is 0 Å². The number of rotatable bonds is 1. The zero-order valence-corrected chi connectivity index (χ0v) is 12.9. The molecule has 3 rings (SSSR count). The summed E-state index contributed by atoms with van der Waals surface area (Å²) in [6.07, 6.45) is 3.46. The third-order valence-electron chi connectivity index (χ3n) is 3.35. The first-order valence-electron chi connectivity index (χ1n) is 5.44. The van der Waals surface area contributed by atoms with Gasteiger partial charge in [-0.1, -0.05) is 46.9 Å². The minimum atomic E-state index is 0.653. The Hall–Kier alpha value is 0.610. The summed E-state index contributed by atoms with van der Waals surface area (Å²) in [6.45, 7) is 1.14. The van der Waals surface area contributed by atoms with Gasteiger partial charge >= 0.3 is 0 Å². The molecule has 0 amide bonds. The fraction of sp³-hybridized carbons (Fsp3) is 0.500. The minimum absolute atomic E-state index is 0.653. The van der Waals surface area contributed by atoms with Gasteiger partial charge in [-0.25, -0.2) is 0 Å². The average molecular weight is 363 g/mol. The fourth-order valence-corrected chi connectivity index (χ4v) is 6.96. The predicted molar refractivity (Wildman–Crippen MR) is 82.2 cm³/mol. The monoisotopic (exact) mass is 363 g/mol. The minimum Gasteiger partial charge on any atom is -0.274 e. The lowest BCUT2D eigenvalue weighted by atomic mass is 9.95. The summed E-state index contributed by atoms with van der Waals surface area (Å²) in [4.78, 5) is 2.68. The zero-order chi connectivity index (χ0) is 11.1. The molecule has 0 spiro atoms. The highest BCUT2D eigenvalue weighted by Crippen LogP contribution is 2.47. The van der Waals surface area contributed by atoms with Gasteiger partial charge in [-0.2, -0.15) is 0 Å². The van der Waals surface area contributed by atoms with Crippen LogP contribution in [0.4, 0.5) is 0 Å². The summed E-state index contributed by atoms with van der Waals surface area (Å²) in [7, 11) is 0. The molecular formula is C12H14INS2. The standard InChI is InChI=1S/C12H14INS2/c1-15-12-14-7-9-5-3-2-4-8(9)6-10(14)11(13)16-12/h2-5,10-12H,6-7H2,1H3. The van der Waals surface area contributed by atoms with Crippen LogP contribution in [-0.4, -0.2) is 25.2 Å². The largest absolute Gasteiger partial charge is 0.274 e. The second kappa shape index (κ2) is 4.71. The van der Waals surface area contributed by atoms with Crippen molar-refractivity contribution in [1.82, 2.24) is 4.90 Å². The van der Waals surface area contributed by atoms with Crippen LogP contribution in [0.2, 0.25) is 0 Å². The Balaban J connectivity index is 1.93. The highest BCUT2D eigenvalue weighted by Gasteiger charge is 2.42. The van der Waals surface area contributed by atoms with E-state index in [2.05, 4.69) is 69.8 Å². The quantitative estimate of drug-likeness (QED) is 0.555. The van der Waals surface area contributed by atoms with Crippen LogP contribution >= 0.6 is 46.1 Å². The van der Waals surface area contributed by atoms with Crippen molar-refractivity contribution in [1.29, 1.82) is 0 Å². The van der Waals surface area contributed by atoms with Crippen molar-refractivity contribution < 1.29 is 0 Å². The molecule has 0 saturated carbocycles. The maximum Gasteiger partial charge on any atom is 0.104 e. The molecule has 1 nitrogen and oxygen atoms in total. The van der Waals surface area contributed by atoms with Gasteiger partial charge in [0.15, 0.2) is 0 Å². The van der Waals surface area contributed by atoms with E-state index < -0.39 is 0 Å². The maximum atomic E-state index is 2.68. The molecule has 2 heterocycles. The van der Waals surface area contributed by atoms with E-state index in [1.54, 1.807) is 5.56 Å². The van der Waals surface area contributed by atoms with Crippen molar-refractivity contribution >= 4 is 46.1 Å². The Labute approximate surface area is 119 Å². The molecule has 0 aromatic heterocycles. The first-order chi connectivity index (χ1) is 7.79. The summed E-state index contributed by atoms with van der Waals surface area (Å²) in [5.41, 5.74) is 3.09. The van der Waals surface area contributed by atoms with E-state index in [1.165, 1.54) is 12.0 Å². The SMILES string of the molecule is CSC1SC(I)C2Cc3ccccc3CN12. The van der Waals surface area contributed by atoms with E-state index in [0.717, 1.165) is 15.8 Å².